The zero-order chi connectivity index (χ0) is 22.7. The number of aryl methyl sites for hydroxylation is 1. The van der Waals surface area contributed by atoms with E-state index in [0.29, 0.717) is 34.6 Å². The van der Waals surface area contributed by atoms with Gasteiger partial charge in [-0.15, -0.1) is 0 Å². The molecule has 0 radical (unpaired) electrons. The van der Waals surface area contributed by atoms with Gasteiger partial charge in [0.25, 0.3) is 5.56 Å². The third-order valence-electron chi connectivity index (χ3n) is 4.96. The van der Waals surface area contributed by atoms with Gasteiger partial charge < -0.3 is 26.3 Å². The van der Waals surface area contributed by atoms with Gasteiger partial charge in [0.1, 0.15) is 0 Å². The number of anilines is 2. The number of nitrogens with one attached hydrogen (secondary N) is 1. The number of benzene rings is 2. The molecule has 0 aliphatic carbocycles. The summed E-state index contributed by atoms with van der Waals surface area (Å²) in [5, 5.41) is 3.04. The highest BCUT2D eigenvalue weighted by molar-refractivity contribution is 5.96. The Bertz CT molecular complexity index is 1200. The molecule has 9 nitrogen and oxygen atoms in total. The van der Waals surface area contributed by atoms with Crippen molar-refractivity contribution in [1.29, 1.82) is 0 Å². The van der Waals surface area contributed by atoms with Crippen LogP contribution in [0.25, 0.3) is 11.3 Å². The first-order valence-electron chi connectivity index (χ1n) is 9.51. The quantitative estimate of drug-likeness (QED) is 0.561. The van der Waals surface area contributed by atoms with Crippen molar-refractivity contribution in [3.63, 3.8) is 0 Å². The molecule has 160 valence electrons. The lowest BCUT2D eigenvalue weighted by Crippen LogP contribution is -2.31. The Balaban J connectivity index is 1.93. The van der Waals surface area contributed by atoms with Crippen molar-refractivity contribution >= 4 is 23.4 Å². The predicted octanol–water partition coefficient (Wildman–Crippen LogP) is 2.11. The minimum absolute atomic E-state index is 0.144. The molecule has 3 rings (SSSR count). The molecule has 9 heteroatoms. The fourth-order valence-electron chi connectivity index (χ4n) is 3.18. The van der Waals surface area contributed by atoms with E-state index in [2.05, 4.69) is 10.3 Å². The number of aromatic nitrogens is 2. The number of carbonyl (C=O) groups excluding carboxylic acids is 2. The molecule has 0 aliphatic heterocycles. The van der Waals surface area contributed by atoms with Crippen molar-refractivity contribution in [2.24, 2.45) is 18.5 Å². The molecule has 0 saturated carbocycles. The van der Waals surface area contributed by atoms with Crippen LogP contribution in [0, 0.1) is 6.92 Å². The second-order valence-electron chi connectivity index (χ2n) is 7.25. The van der Waals surface area contributed by atoms with Crippen molar-refractivity contribution < 1.29 is 9.59 Å². The van der Waals surface area contributed by atoms with Gasteiger partial charge in [-0.05, 0) is 36.2 Å². The van der Waals surface area contributed by atoms with Crippen molar-refractivity contribution in [2.45, 2.75) is 13.5 Å². The lowest BCUT2D eigenvalue weighted by atomic mass is 10.00. The largest absolute Gasteiger partial charge is 0.366 e. The Morgan fingerprint density at radius 1 is 1.13 bits per heavy atom. The summed E-state index contributed by atoms with van der Waals surface area (Å²) in [6, 6.07) is 11.9. The molecule has 1 aromatic heterocycles. The highest BCUT2D eigenvalue weighted by Gasteiger charge is 2.14. The molecule has 0 aliphatic rings. The molecular formula is C22H24N6O3. The van der Waals surface area contributed by atoms with Crippen molar-refractivity contribution in [3.05, 3.63) is 75.7 Å². The second-order valence-corrected chi connectivity index (χ2v) is 7.25. The molecule has 5 N–H and O–H groups in total. The summed E-state index contributed by atoms with van der Waals surface area (Å²) in [5.74, 6) is -0.379. The van der Waals surface area contributed by atoms with E-state index in [1.54, 1.807) is 51.5 Å². The van der Waals surface area contributed by atoms with E-state index >= 15 is 0 Å². The molecule has 2 aromatic carbocycles. The minimum atomic E-state index is -0.524. The Morgan fingerprint density at radius 2 is 1.81 bits per heavy atom. The first-order valence-corrected chi connectivity index (χ1v) is 9.51. The van der Waals surface area contributed by atoms with Crippen molar-refractivity contribution in [3.8, 4) is 11.3 Å². The summed E-state index contributed by atoms with van der Waals surface area (Å²) >= 11 is 0. The van der Waals surface area contributed by atoms with Gasteiger partial charge in [0.05, 0.1) is 5.69 Å². The van der Waals surface area contributed by atoms with Gasteiger partial charge in [-0.1, -0.05) is 24.3 Å². The summed E-state index contributed by atoms with van der Waals surface area (Å²) in [4.78, 5) is 41.3. The number of primary amides is 2. The fourth-order valence-corrected chi connectivity index (χ4v) is 3.18. The van der Waals surface area contributed by atoms with Crippen LogP contribution in [0.4, 0.5) is 16.3 Å². The van der Waals surface area contributed by atoms with Crippen LogP contribution in [0.2, 0.25) is 0 Å². The predicted molar refractivity (Wildman–Crippen MR) is 119 cm³/mol. The van der Waals surface area contributed by atoms with E-state index in [1.807, 2.05) is 18.2 Å². The van der Waals surface area contributed by atoms with Crippen LogP contribution in [0.15, 0.2) is 53.5 Å². The van der Waals surface area contributed by atoms with Gasteiger partial charge in [0.15, 0.2) is 5.82 Å². The van der Waals surface area contributed by atoms with E-state index in [1.165, 1.54) is 9.47 Å². The monoisotopic (exact) mass is 420 g/mol. The lowest BCUT2D eigenvalue weighted by Gasteiger charge is -2.15. The van der Waals surface area contributed by atoms with E-state index in [-0.39, 0.29) is 11.4 Å². The zero-order valence-corrected chi connectivity index (χ0v) is 17.5. The highest BCUT2D eigenvalue weighted by atomic mass is 16.2. The SMILES string of the molecule is Cc1c(C(N)=O)cccc1-c1cn(C)c(=O)c(Nc2ccc(CN(C)C(N)=O)cc2)n1. The summed E-state index contributed by atoms with van der Waals surface area (Å²) in [6.45, 7) is 2.16. The second kappa shape index (κ2) is 8.70. The lowest BCUT2D eigenvalue weighted by molar-refractivity contribution is 0.0999. The van der Waals surface area contributed by atoms with Gasteiger partial charge in [0, 0.05) is 43.7 Å². The summed E-state index contributed by atoms with van der Waals surface area (Å²) in [5.41, 5.74) is 14.3. The van der Waals surface area contributed by atoms with E-state index in [0.717, 1.165) is 5.56 Å². The third-order valence-corrected chi connectivity index (χ3v) is 4.96. The summed E-state index contributed by atoms with van der Waals surface area (Å²) < 4.78 is 1.43. The average molecular weight is 420 g/mol. The summed E-state index contributed by atoms with van der Waals surface area (Å²) in [6.07, 6.45) is 1.61. The average Bonchev–Trinajstić information content (AvgIpc) is 2.72. The molecule has 1 heterocycles. The van der Waals surface area contributed by atoms with Crippen LogP contribution in [0.1, 0.15) is 21.5 Å². The number of urea groups is 1. The van der Waals surface area contributed by atoms with Gasteiger partial charge in [-0.3, -0.25) is 9.59 Å². The molecule has 0 unspecified atom stereocenters. The maximum absolute atomic E-state index is 12.6. The molecule has 0 bridgehead atoms. The number of hydrogen-bond acceptors (Lipinski definition) is 5. The van der Waals surface area contributed by atoms with Crippen LogP contribution in [-0.2, 0) is 13.6 Å². The Labute approximate surface area is 179 Å². The Hall–Kier alpha value is -4.14. The number of carbonyl (C=O) groups is 2. The molecule has 0 fully saturated rings. The molecular weight excluding hydrogens is 396 g/mol. The standard InChI is InChI=1S/C22H24N6O3/c1-13-16(5-4-6-17(13)19(23)29)18-12-27(2)21(30)20(26-18)25-15-9-7-14(8-10-15)11-28(3)22(24)31/h4-10,12H,11H2,1-3H3,(H2,23,29)(H2,24,31)(H,25,26). The van der Waals surface area contributed by atoms with Crippen LogP contribution in [0.3, 0.4) is 0 Å². The topological polar surface area (TPSA) is 136 Å². The molecule has 0 atom stereocenters. The van der Waals surface area contributed by atoms with E-state index in [9.17, 15) is 14.4 Å². The van der Waals surface area contributed by atoms with Crippen LogP contribution in [-0.4, -0.2) is 33.4 Å². The van der Waals surface area contributed by atoms with Gasteiger partial charge in [0.2, 0.25) is 5.91 Å². The molecule has 3 amide bonds. The van der Waals surface area contributed by atoms with Crippen LogP contribution < -0.4 is 22.3 Å². The maximum Gasteiger partial charge on any atom is 0.314 e. The Kier molecular flexibility index (Phi) is 6.05. The maximum atomic E-state index is 12.6. The van der Waals surface area contributed by atoms with Crippen LogP contribution >= 0.6 is 0 Å². The van der Waals surface area contributed by atoms with Crippen molar-refractivity contribution in [1.82, 2.24) is 14.5 Å². The van der Waals surface area contributed by atoms with Gasteiger partial charge in [-0.25, -0.2) is 9.78 Å². The van der Waals surface area contributed by atoms with Crippen molar-refractivity contribution in [2.75, 3.05) is 12.4 Å². The molecule has 0 spiro atoms. The third kappa shape index (κ3) is 4.72. The number of rotatable bonds is 6. The van der Waals surface area contributed by atoms with Crippen LogP contribution in [0.5, 0.6) is 0 Å². The summed E-state index contributed by atoms with van der Waals surface area (Å²) in [7, 11) is 3.25. The van der Waals surface area contributed by atoms with Gasteiger partial charge >= 0.3 is 6.03 Å². The van der Waals surface area contributed by atoms with E-state index in [4.69, 9.17) is 11.5 Å². The molecule has 0 saturated heterocycles. The first-order chi connectivity index (χ1) is 14.7. The number of nitrogens with zero attached hydrogens (tertiary/aromatic N) is 3. The zero-order valence-electron chi connectivity index (χ0n) is 17.5. The first kappa shape index (κ1) is 21.6. The molecule has 3 aromatic rings. The molecule has 31 heavy (non-hydrogen) atoms. The fraction of sp³-hybridized carbons (Fsp3) is 0.182. The number of hydrogen-bond donors (Lipinski definition) is 3. The number of nitrogens with two attached hydrogens (primary N) is 2. The Morgan fingerprint density at radius 3 is 2.42 bits per heavy atom. The smallest absolute Gasteiger partial charge is 0.314 e. The highest BCUT2D eigenvalue weighted by Crippen LogP contribution is 2.25. The normalized spacial score (nSPS) is 10.5. The van der Waals surface area contributed by atoms with E-state index < -0.39 is 11.9 Å². The minimum Gasteiger partial charge on any atom is -0.366 e. The number of amides is 3. The van der Waals surface area contributed by atoms with Gasteiger partial charge in [-0.2, -0.15) is 0 Å².